The van der Waals surface area contributed by atoms with Crippen molar-refractivity contribution in [1.29, 1.82) is 0 Å². The molecule has 0 aromatic carbocycles. The van der Waals surface area contributed by atoms with Crippen molar-refractivity contribution in [1.82, 2.24) is 0 Å². The molecule has 0 heterocycles. The standard InChI is InChI=1S/C25H44O6/c1-24(2,3)31-23(29)13-9-10-17-25(4,30)18-16-19-14-15-21(26)20(19)11-7-5-6-8-12-22(27)28/h16,18-21,26,30H,5-15,17H2,1-4H3,(H,27,28). The lowest BCUT2D eigenvalue weighted by Crippen LogP contribution is -2.24. The fraction of sp³-hybridized carbons (Fsp3) is 0.840. The minimum atomic E-state index is -0.928. The van der Waals surface area contributed by atoms with E-state index in [4.69, 9.17) is 9.84 Å². The van der Waals surface area contributed by atoms with Crippen LogP contribution >= 0.6 is 0 Å². The number of hydrogen-bond acceptors (Lipinski definition) is 5. The van der Waals surface area contributed by atoms with E-state index in [0.29, 0.717) is 25.7 Å². The number of aliphatic carboxylic acids is 1. The summed E-state index contributed by atoms with van der Waals surface area (Å²) in [7, 11) is 0. The Morgan fingerprint density at radius 2 is 1.61 bits per heavy atom. The molecule has 180 valence electrons. The van der Waals surface area contributed by atoms with Gasteiger partial charge in [-0.2, -0.15) is 0 Å². The number of carboxylic acids is 1. The van der Waals surface area contributed by atoms with Gasteiger partial charge in [0.05, 0.1) is 11.7 Å². The lowest BCUT2D eigenvalue weighted by atomic mass is 9.87. The van der Waals surface area contributed by atoms with E-state index in [1.165, 1.54) is 0 Å². The number of aliphatic hydroxyl groups excluding tert-OH is 1. The molecule has 6 heteroatoms. The third-order valence-corrected chi connectivity index (χ3v) is 5.95. The van der Waals surface area contributed by atoms with Gasteiger partial charge in [-0.3, -0.25) is 9.59 Å². The van der Waals surface area contributed by atoms with Gasteiger partial charge in [-0.15, -0.1) is 0 Å². The van der Waals surface area contributed by atoms with Crippen LogP contribution in [0.5, 0.6) is 0 Å². The number of carbonyl (C=O) groups is 2. The summed E-state index contributed by atoms with van der Waals surface area (Å²) in [6, 6.07) is 0. The van der Waals surface area contributed by atoms with E-state index < -0.39 is 17.2 Å². The topological polar surface area (TPSA) is 104 Å². The van der Waals surface area contributed by atoms with E-state index in [0.717, 1.165) is 44.9 Å². The molecular formula is C25H44O6. The van der Waals surface area contributed by atoms with Crippen LogP contribution < -0.4 is 0 Å². The molecule has 1 aliphatic rings. The van der Waals surface area contributed by atoms with Crippen LogP contribution in [0.1, 0.15) is 105 Å². The van der Waals surface area contributed by atoms with E-state index in [1.54, 1.807) is 6.92 Å². The third kappa shape index (κ3) is 12.9. The number of allylic oxidation sites excluding steroid dienone is 1. The molecule has 1 fully saturated rings. The van der Waals surface area contributed by atoms with Crippen LogP contribution in [0.3, 0.4) is 0 Å². The van der Waals surface area contributed by atoms with Gasteiger partial charge in [0, 0.05) is 12.8 Å². The second-order valence-electron chi connectivity index (χ2n) is 10.3. The molecule has 31 heavy (non-hydrogen) atoms. The fourth-order valence-corrected chi connectivity index (χ4v) is 4.29. The molecule has 3 N–H and O–H groups in total. The first-order valence-corrected chi connectivity index (χ1v) is 11.9. The molecule has 0 aromatic rings. The normalized spacial score (nSPS) is 23.7. The minimum Gasteiger partial charge on any atom is -0.481 e. The number of ether oxygens (including phenoxy) is 1. The summed E-state index contributed by atoms with van der Waals surface area (Å²) >= 11 is 0. The molecule has 0 saturated heterocycles. The van der Waals surface area contributed by atoms with Crippen LogP contribution in [-0.4, -0.2) is 44.6 Å². The highest BCUT2D eigenvalue weighted by Gasteiger charge is 2.33. The summed E-state index contributed by atoms with van der Waals surface area (Å²) in [5, 5.41) is 29.7. The van der Waals surface area contributed by atoms with Crippen LogP contribution in [0.4, 0.5) is 0 Å². The smallest absolute Gasteiger partial charge is 0.306 e. The van der Waals surface area contributed by atoms with Crippen molar-refractivity contribution >= 4 is 11.9 Å². The van der Waals surface area contributed by atoms with Gasteiger partial charge in [0.2, 0.25) is 0 Å². The molecule has 1 saturated carbocycles. The zero-order valence-corrected chi connectivity index (χ0v) is 19.9. The first-order valence-electron chi connectivity index (χ1n) is 11.9. The Morgan fingerprint density at radius 3 is 2.26 bits per heavy atom. The van der Waals surface area contributed by atoms with Gasteiger partial charge in [0.25, 0.3) is 0 Å². The Labute approximate surface area is 188 Å². The molecule has 0 aromatic heterocycles. The first-order chi connectivity index (χ1) is 14.4. The Morgan fingerprint density at radius 1 is 0.968 bits per heavy atom. The van der Waals surface area contributed by atoms with Gasteiger partial charge in [-0.1, -0.05) is 31.4 Å². The van der Waals surface area contributed by atoms with Crippen molar-refractivity contribution in [3.05, 3.63) is 12.2 Å². The maximum absolute atomic E-state index is 11.8. The molecule has 0 bridgehead atoms. The van der Waals surface area contributed by atoms with Gasteiger partial charge in [0.1, 0.15) is 5.60 Å². The van der Waals surface area contributed by atoms with E-state index in [2.05, 4.69) is 6.08 Å². The van der Waals surface area contributed by atoms with E-state index in [-0.39, 0.29) is 30.3 Å². The summed E-state index contributed by atoms with van der Waals surface area (Å²) < 4.78 is 5.31. The number of carbonyl (C=O) groups excluding carboxylic acids is 1. The lowest BCUT2D eigenvalue weighted by molar-refractivity contribution is -0.155. The molecule has 4 unspecified atom stereocenters. The van der Waals surface area contributed by atoms with Crippen molar-refractivity contribution in [2.24, 2.45) is 11.8 Å². The Hall–Kier alpha value is -1.40. The van der Waals surface area contributed by atoms with E-state index in [9.17, 15) is 19.8 Å². The zero-order valence-electron chi connectivity index (χ0n) is 19.9. The molecule has 1 rings (SSSR count). The largest absolute Gasteiger partial charge is 0.481 e. The van der Waals surface area contributed by atoms with Crippen molar-refractivity contribution in [2.45, 2.75) is 122 Å². The number of hydrogen-bond donors (Lipinski definition) is 3. The van der Waals surface area contributed by atoms with Crippen LogP contribution in [0.25, 0.3) is 0 Å². The predicted octanol–water partition coefficient (Wildman–Crippen LogP) is 5.01. The average Bonchev–Trinajstić information content (AvgIpc) is 2.98. The Bertz CT molecular complexity index is 575. The van der Waals surface area contributed by atoms with Gasteiger partial charge < -0.3 is 20.1 Å². The van der Waals surface area contributed by atoms with Crippen molar-refractivity contribution in [3.63, 3.8) is 0 Å². The summed E-state index contributed by atoms with van der Waals surface area (Å²) in [5.74, 6) is -0.470. The Kier molecular flexibility index (Phi) is 11.8. The summed E-state index contributed by atoms with van der Waals surface area (Å²) in [6.45, 7) is 7.35. The second kappa shape index (κ2) is 13.2. The summed E-state index contributed by atoms with van der Waals surface area (Å²) in [6.07, 6.45) is 12.5. The monoisotopic (exact) mass is 440 g/mol. The SMILES string of the molecule is CC(O)(C=CC1CCC(O)C1CCCCCCC(=O)O)CCCCC(=O)OC(C)(C)C. The second-order valence-corrected chi connectivity index (χ2v) is 10.3. The molecule has 0 radical (unpaired) electrons. The van der Waals surface area contributed by atoms with Gasteiger partial charge in [-0.25, -0.2) is 0 Å². The highest BCUT2D eigenvalue weighted by atomic mass is 16.6. The minimum absolute atomic E-state index is 0.201. The quantitative estimate of drug-likeness (QED) is 0.199. The highest BCUT2D eigenvalue weighted by Crippen LogP contribution is 2.37. The van der Waals surface area contributed by atoms with Crippen LogP contribution in [-0.2, 0) is 14.3 Å². The van der Waals surface area contributed by atoms with Crippen molar-refractivity contribution in [3.8, 4) is 0 Å². The molecule has 6 nitrogen and oxygen atoms in total. The molecule has 0 amide bonds. The molecule has 0 spiro atoms. The molecular weight excluding hydrogens is 396 g/mol. The van der Waals surface area contributed by atoms with Crippen LogP contribution in [0.15, 0.2) is 12.2 Å². The summed E-state index contributed by atoms with van der Waals surface area (Å²) in [4.78, 5) is 22.3. The van der Waals surface area contributed by atoms with E-state index in [1.807, 2.05) is 26.8 Å². The number of unbranched alkanes of at least 4 members (excludes halogenated alkanes) is 4. The number of rotatable bonds is 14. The Balaban J connectivity index is 2.35. The maximum Gasteiger partial charge on any atom is 0.306 e. The van der Waals surface area contributed by atoms with Crippen molar-refractivity contribution in [2.75, 3.05) is 0 Å². The maximum atomic E-state index is 11.8. The molecule has 4 atom stereocenters. The number of esters is 1. The molecule has 1 aliphatic carbocycles. The van der Waals surface area contributed by atoms with Gasteiger partial charge in [-0.05, 0) is 84.5 Å². The third-order valence-electron chi connectivity index (χ3n) is 5.95. The average molecular weight is 441 g/mol. The van der Waals surface area contributed by atoms with Crippen molar-refractivity contribution < 1.29 is 29.6 Å². The van der Waals surface area contributed by atoms with Gasteiger partial charge >= 0.3 is 11.9 Å². The fourth-order valence-electron chi connectivity index (χ4n) is 4.29. The lowest BCUT2D eigenvalue weighted by Gasteiger charge is -2.23. The summed E-state index contributed by atoms with van der Waals surface area (Å²) in [5.41, 5.74) is -1.39. The number of aliphatic hydroxyl groups is 2. The van der Waals surface area contributed by atoms with Crippen LogP contribution in [0, 0.1) is 11.8 Å². The molecule has 0 aliphatic heterocycles. The van der Waals surface area contributed by atoms with Gasteiger partial charge in [0.15, 0.2) is 0 Å². The highest BCUT2D eigenvalue weighted by molar-refractivity contribution is 5.69. The zero-order chi connectivity index (χ0) is 23.5. The van der Waals surface area contributed by atoms with E-state index >= 15 is 0 Å². The number of carboxylic acid groups (broad SMARTS) is 1. The predicted molar refractivity (Wildman–Crippen MR) is 122 cm³/mol. The van der Waals surface area contributed by atoms with Crippen LogP contribution in [0.2, 0.25) is 0 Å². The first kappa shape index (κ1) is 27.6.